The number of hydrogen-bond donors (Lipinski definition) is 4. The molecular formula is C10H18N2O7S. The highest BCUT2D eigenvalue weighted by molar-refractivity contribution is 7.89. The quantitative estimate of drug-likeness (QED) is 0.415. The third-order valence-corrected chi connectivity index (χ3v) is 3.87. The average molecular weight is 310 g/mol. The summed E-state index contributed by atoms with van der Waals surface area (Å²) in [5.74, 6) is -3.97. The second-order valence-corrected chi connectivity index (χ2v) is 6.03. The molecule has 2 atom stereocenters. The summed E-state index contributed by atoms with van der Waals surface area (Å²) in [5.41, 5.74) is 0. The maximum Gasteiger partial charge on any atom is 0.326 e. The van der Waals surface area contributed by atoms with Crippen molar-refractivity contribution in [1.29, 1.82) is 0 Å². The van der Waals surface area contributed by atoms with Crippen LogP contribution < -0.4 is 10.0 Å². The highest BCUT2D eigenvalue weighted by Crippen LogP contribution is 1.97. The normalized spacial score (nSPS) is 14.3. The molecule has 0 radical (unpaired) electrons. The minimum absolute atomic E-state index is 0.165. The smallest absolute Gasteiger partial charge is 0.326 e. The number of rotatable bonds is 9. The molecule has 116 valence electrons. The fourth-order valence-corrected chi connectivity index (χ4v) is 2.62. The molecule has 1 unspecified atom stereocenters. The Morgan fingerprint density at radius 1 is 1.20 bits per heavy atom. The number of nitrogens with one attached hydrogen (secondary N) is 2. The van der Waals surface area contributed by atoms with Gasteiger partial charge in [-0.2, -0.15) is 0 Å². The highest BCUT2D eigenvalue weighted by atomic mass is 32.2. The van der Waals surface area contributed by atoms with Gasteiger partial charge in [-0.25, -0.2) is 17.9 Å². The van der Waals surface area contributed by atoms with E-state index in [2.05, 4.69) is 4.72 Å². The number of carboxylic acids is 2. The average Bonchev–Trinajstić information content (AvgIpc) is 2.26. The van der Waals surface area contributed by atoms with Gasteiger partial charge in [0.05, 0.1) is 18.2 Å². The van der Waals surface area contributed by atoms with Gasteiger partial charge in [-0.1, -0.05) is 6.92 Å². The summed E-state index contributed by atoms with van der Waals surface area (Å²) in [6.45, 7) is 2.89. The third-order valence-electron chi connectivity index (χ3n) is 2.22. The minimum Gasteiger partial charge on any atom is -0.481 e. The van der Waals surface area contributed by atoms with Crippen LogP contribution in [0.5, 0.6) is 0 Å². The lowest BCUT2D eigenvalue weighted by Crippen LogP contribution is -2.51. The van der Waals surface area contributed by atoms with Gasteiger partial charge in [0.1, 0.15) is 6.04 Å². The Morgan fingerprint density at radius 3 is 2.15 bits per heavy atom. The Hall–Kier alpha value is -1.68. The minimum atomic E-state index is -3.63. The molecule has 0 aliphatic heterocycles. The second kappa shape index (κ2) is 7.80. The largest absolute Gasteiger partial charge is 0.481 e. The number of carbonyl (C=O) groups excluding carboxylic acids is 1. The summed E-state index contributed by atoms with van der Waals surface area (Å²) >= 11 is 0. The van der Waals surface area contributed by atoms with Crippen LogP contribution >= 0.6 is 0 Å². The van der Waals surface area contributed by atoms with Crippen LogP contribution in [0.1, 0.15) is 26.7 Å². The molecule has 1 amide bonds. The van der Waals surface area contributed by atoms with Crippen molar-refractivity contribution in [1.82, 2.24) is 10.0 Å². The summed E-state index contributed by atoms with van der Waals surface area (Å²) in [4.78, 5) is 32.8. The van der Waals surface area contributed by atoms with Gasteiger partial charge in [0.15, 0.2) is 0 Å². The molecule has 0 spiro atoms. The van der Waals surface area contributed by atoms with E-state index in [4.69, 9.17) is 10.2 Å². The first-order valence-electron chi connectivity index (χ1n) is 5.84. The van der Waals surface area contributed by atoms with Crippen molar-refractivity contribution < 1.29 is 33.0 Å². The van der Waals surface area contributed by atoms with Crippen molar-refractivity contribution in [2.75, 3.05) is 5.75 Å². The molecule has 9 nitrogen and oxygen atoms in total. The van der Waals surface area contributed by atoms with Crippen LogP contribution in [-0.4, -0.2) is 54.3 Å². The summed E-state index contributed by atoms with van der Waals surface area (Å²) < 4.78 is 25.0. The van der Waals surface area contributed by atoms with Crippen LogP contribution in [0, 0.1) is 0 Å². The Bertz CT molecular complexity index is 474. The molecule has 0 heterocycles. The molecule has 0 saturated carbocycles. The summed E-state index contributed by atoms with van der Waals surface area (Å²) in [7, 11) is -3.63. The zero-order valence-electron chi connectivity index (χ0n) is 11.1. The van der Waals surface area contributed by atoms with Crippen molar-refractivity contribution in [2.45, 2.75) is 38.8 Å². The second-order valence-electron chi connectivity index (χ2n) is 4.16. The molecule has 0 aliphatic carbocycles. The van der Waals surface area contributed by atoms with Crippen LogP contribution in [0.3, 0.4) is 0 Å². The first kappa shape index (κ1) is 18.3. The van der Waals surface area contributed by atoms with Gasteiger partial charge in [0.25, 0.3) is 0 Å². The van der Waals surface area contributed by atoms with Gasteiger partial charge in [0, 0.05) is 0 Å². The fourth-order valence-electron chi connectivity index (χ4n) is 1.32. The molecule has 0 aromatic rings. The predicted octanol–water partition coefficient (Wildman–Crippen LogP) is -1.25. The Kier molecular flexibility index (Phi) is 7.14. The van der Waals surface area contributed by atoms with Crippen LogP contribution in [0.15, 0.2) is 0 Å². The molecule has 0 aromatic heterocycles. The number of aliphatic carboxylic acids is 2. The predicted molar refractivity (Wildman–Crippen MR) is 68.5 cm³/mol. The van der Waals surface area contributed by atoms with E-state index in [1.807, 2.05) is 5.32 Å². The van der Waals surface area contributed by atoms with Gasteiger partial charge in [-0.15, -0.1) is 0 Å². The molecule has 0 aliphatic rings. The van der Waals surface area contributed by atoms with E-state index in [1.54, 1.807) is 6.92 Å². The van der Waals surface area contributed by atoms with Crippen LogP contribution in [0.25, 0.3) is 0 Å². The zero-order chi connectivity index (χ0) is 15.9. The first-order valence-corrected chi connectivity index (χ1v) is 7.49. The molecule has 4 N–H and O–H groups in total. The topological polar surface area (TPSA) is 150 Å². The maximum atomic E-state index is 11.6. The number of amides is 1. The standard InChI is InChI=1S/C10H18N2O7S/c1-3-4-20(18,19)12-6(2)9(15)11-7(10(16)17)5-8(13)14/h6-7,12H,3-5H2,1-2H3,(H,11,15)(H,13,14)(H,16,17)/t6?,7-/m0/s1. The fraction of sp³-hybridized carbons (Fsp3) is 0.700. The van der Waals surface area contributed by atoms with Crippen molar-refractivity contribution in [3.63, 3.8) is 0 Å². The van der Waals surface area contributed by atoms with Crippen molar-refractivity contribution in [3.05, 3.63) is 0 Å². The third kappa shape index (κ3) is 7.04. The molecular weight excluding hydrogens is 292 g/mol. The summed E-state index contributed by atoms with van der Waals surface area (Å²) in [5, 5.41) is 19.2. The molecule has 0 aromatic carbocycles. The van der Waals surface area contributed by atoms with E-state index in [1.165, 1.54) is 6.92 Å². The number of carboxylic acid groups (broad SMARTS) is 2. The van der Waals surface area contributed by atoms with Crippen molar-refractivity contribution in [2.24, 2.45) is 0 Å². The van der Waals surface area contributed by atoms with E-state index in [0.29, 0.717) is 6.42 Å². The molecule has 10 heteroatoms. The van der Waals surface area contributed by atoms with E-state index in [0.717, 1.165) is 0 Å². The number of sulfonamides is 1. The van der Waals surface area contributed by atoms with Gasteiger partial charge in [0.2, 0.25) is 15.9 Å². The highest BCUT2D eigenvalue weighted by Gasteiger charge is 2.26. The van der Waals surface area contributed by atoms with Gasteiger partial charge < -0.3 is 15.5 Å². The number of carbonyl (C=O) groups is 3. The summed E-state index contributed by atoms with van der Waals surface area (Å²) in [6, 6.07) is -2.81. The molecule has 0 bridgehead atoms. The lowest BCUT2D eigenvalue weighted by molar-refractivity contribution is -0.147. The van der Waals surface area contributed by atoms with E-state index in [-0.39, 0.29) is 5.75 Å². The zero-order valence-corrected chi connectivity index (χ0v) is 11.9. The molecule has 0 saturated heterocycles. The molecule has 20 heavy (non-hydrogen) atoms. The van der Waals surface area contributed by atoms with Crippen molar-refractivity contribution in [3.8, 4) is 0 Å². The molecule has 0 rings (SSSR count). The van der Waals surface area contributed by atoms with E-state index < -0.39 is 46.4 Å². The van der Waals surface area contributed by atoms with E-state index >= 15 is 0 Å². The first-order chi connectivity index (χ1) is 9.09. The number of hydrogen-bond acceptors (Lipinski definition) is 5. The Balaban J connectivity index is 4.65. The van der Waals surface area contributed by atoms with E-state index in [9.17, 15) is 22.8 Å². The lowest BCUT2D eigenvalue weighted by Gasteiger charge is -2.17. The van der Waals surface area contributed by atoms with Crippen LogP contribution in [-0.2, 0) is 24.4 Å². The van der Waals surface area contributed by atoms with Crippen molar-refractivity contribution >= 4 is 27.9 Å². The van der Waals surface area contributed by atoms with Gasteiger partial charge >= 0.3 is 11.9 Å². The maximum absolute atomic E-state index is 11.6. The lowest BCUT2D eigenvalue weighted by atomic mass is 10.2. The van der Waals surface area contributed by atoms with Gasteiger partial charge in [-0.3, -0.25) is 9.59 Å². The Labute approximate surface area is 116 Å². The molecule has 0 fully saturated rings. The SMILES string of the molecule is CCCS(=O)(=O)NC(C)C(=O)N[C@@H](CC(=O)O)C(=O)O. The van der Waals surface area contributed by atoms with Gasteiger partial charge in [-0.05, 0) is 13.3 Å². The van der Waals surface area contributed by atoms with Crippen LogP contribution in [0.2, 0.25) is 0 Å². The summed E-state index contributed by atoms with van der Waals surface area (Å²) in [6.07, 6.45) is -0.435. The monoisotopic (exact) mass is 310 g/mol. The van der Waals surface area contributed by atoms with Crippen LogP contribution in [0.4, 0.5) is 0 Å². The Morgan fingerprint density at radius 2 is 1.75 bits per heavy atom.